The summed E-state index contributed by atoms with van der Waals surface area (Å²) >= 11 is 0. The summed E-state index contributed by atoms with van der Waals surface area (Å²) in [7, 11) is 0. The van der Waals surface area contributed by atoms with Crippen LogP contribution in [-0.4, -0.2) is 29.0 Å². The van der Waals surface area contributed by atoms with Gasteiger partial charge in [-0.1, -0.05) is 33.8 Å². The van der Waals surface area contributed by atoms with E-state index in [1.807, 2.05) is 0 Å². The fourth-order valence-electron chi connectivity index (χ4n) is 1.70. The Morgan fingerprint density at radius 1 is 1.18 bits per heavy atom. The lowest BCUT2D eigenvalue weighted by Gasteiger charge is -2.17. The molecule has 96 valence electrons. The van der Waals surface area contributed by atoms with Crippen LogP contribution in [0, 0.1) is 0 Å². The van der Waals surface area contributed by atoms with Crippen molar-refractivity contribution in [1.82, 2.24) is 15.2 Å². The van der Waals surface area contributed by atoms with E-state index in [9.17, 15) is 0 Å². The van der Waals surface area contributed by atoms with Crippen LogP contribution in [0.4, 0.5) is 0 Å². The van der Waals surface area contributed by atoms with Crippen molar-refractivity contribution in [1.29, 1.82) is 0 Å². The van der Waals surface area contributed by atoms with Gasteiger partial charge < -0.3 is 5.32 Å². The molecule has 0 aliphatic rings. The monoisotopic (exact) mass is 235 g/mol. The standard InChI is InChI=1S/C14H25N3/c1-5-17(6-2)11-14-9-7-8-13(16-14)10-15-12(3)4/h7-9,12,15H,5-6,10-11H2,1-4H3. The summed E-state index contributed by atoms with van der Waals surface area (Å²) in [5.74, 6) is 0. The molecule has 0 aliphatic carbocycles. The Labute approximate surface area is 105 Å². The Balaban J connectivity index is 2.58. The van der Waals surface area contributed by atoms with Gasteiger partial charge in [-0.05, 0) is 25.2 Å². The number of hydrogen-bond acceptors (Lipinski definition) is 3. The molecule has 0 saturated carbocycles. The molecule has 0 aliphatic heterocycles. The van der Waals surface area contributed by atoms with Crippen LogP contribution in [-0.2, 0) is 13.1 Å². The molecule has 0 fully saturated rings. The second-order valence-electron chi connectivity index (χ2n) is 4.62. The van der Waals surface area contributed by atoms with Crippen LogP contribution in [0.3, 0.4) is 0 Å². The Morgan fingerprint density at radius 2 is 1.82 bits per heavy atom. The summed E-state index contributed by atoms with van der Waals surface area (Å²) in [5.41, 5.74) is 2.29. The summed E-state index contributed by atoms with van der Waals surface area (Å²) in [5, 5.41) is 3.39. The summed E-state index contributed by atoms with van der Waals surface area (Å²) in [4.78, 5) is 7.05. The lowest BCUT2D eigenvalue weighted by Crippen LogP contribution is -2.24. The number of nitrogens with one attached hydrogen (secondary N) is 1. The Kier molecular flexibility index (Phi) is 6.16. The van der Waals surface area contributed by atoms with E-state index in [1.165, 1.54) is 0 Å². The smallest absolute Gasteiger partial charge is 0.0547 e. The maximum absolute atomic E-state index is 4.68. The van der Waals surface area contributed by atoms with Crippen molar-refractivity contribution in [2.45, 2.75) is 46.8 Å². The highest BCUT2D eigenvalue weighted by Gasteiger charge is 2.03. The third kappa shape index (κ3) is 5.29. The van der Waals surface area contributed by atoms with Gasteiger partial charge in [-0.25, -0.2) is 0 Å². The molecular weight excluding hydrogens is 210 g/mol. The molecule has 1 heterocycles. The Hall–Kier alpha value is -0.930. The van der Waals surface area contributed by atoms with Crippen LogP contribution in [0.25, 0.3) is 0 Å². The van der Waals surface area contributed by atoms with E-state index in [0.717, 1.165) is 37.6 Å². The van der Waals surface area contributed by atoms with Crippen LogP contribution in [0.1, 0.15) is 39.1 Å². The molecule has 1 N–H and O–H groups in total. The van der Waals surface area contributed by atoms with E-state index in [-0.39, 0.29) is 0 Å². The van der Waals surface area contributed by atoms with Crippen molar-refractivity contribution >= 4 is 0 Å². The van der Waals surface area contributed by atoms with E-state index in [4.69, 9.17) is 0 Å². The normalized spacial score (nSPS) is 11.4. The highest BCUT2D eigenvalue weighted by Crippen LogP contribution is 2.04. The predicted octanol–water partition coefficient (Wildman–Crippen LogP) is 2.42. The van der Waals surface area contributed by atoms with E-state index in [1.54, 1.807) is 0 Å². The first-order valence-electron chi connectivity index (χ1n) is 6.56. The third-order valence-corrected chi connectivity index (χ3v) is 2.84. The molecule has 17 heavy (non-hydrogen) atoms. The summed E-state index contributed by atoms with van der Waals surface area (Å²) in [6.07, 6.45) is 0. The van der Waals surface area contributed by atoms with Gasteiger partial charge >= 0.3 is 0 Å². The maximum Gasteiger partial charge on any atom is 0.0547 e. The van der Waals surface area contributed by atoms with Crippen LogP contribution < -0.4 is 5.32 Å². The van der Waals surface area contributed by atoms with Gasteiger partial charge in [0.05, 0.1) is 11.4 Å². The number of nitrogens with zero attached hydrogens (tertiary/aromatic N) is 2. The van der Waals surface area contributed by atoms with Crippen LogP contribution in [0.5, 0.6) is 0 Å². The molecule has 0 unspecified atom stereocenters. The SMILES string of the molecule is CCN(CC)Cc1cccc(CNC(C)C)n1. The van der Waals surface area contributed by atoms with Gasteiger partial charge in [0.15, 0.2) is 0 Å². The van der Waals surface area contributed by atoms with Crippen LogP contribution in [0.2, 0.25) is 0 Å². The minimum atomic E-state index is 0.503. The largest absolute Gasteiger partial charge is 0.309 e. The van der Waals surface area contributed by atoms with E-state index >= 15 is 0 Å². The number of rotatable bonds is 7. The van der Waals surface area contributed by atoms with Crippen molar-refractivity contribution < 1.29 is 0 Å². The summed E-state index contributed by atoms with van der Waals surface area (Å²) in [6.45, 7) is 12.6. The van der Waals surface area contributed by atoms with Crippen molar-refractivity contribution in [2.24, 2.45) is 0 Å². The zero-order valence-corrected chi connectivity index (χ0v) is 11.5. The third-order valence-electron chi connectivity index (χ3n) is 2.84. The molecule has 3 nitrogen and oxygen atoms in total. The zero-order chi connectivity index (χ0) is 12.7. The molecule has 0 aromatic carbocycles. The average Bonchev–Trinajstić information content (AvgIpc) is 2.34. The maximum atomic E-state index is 4.68. The fourth-order valence-corrected chi connectivity index (χ4v) is 1.70. The first-order valence-corrected chi connectivity index (χ1v) is 6.56. The minimum absolute atomic E-state index is 0.503. The second-order valence-corrected chi connectivity index (χ2v) is 4.62. The van der Waals surface area contributed by atoms with Gasteiger partial charge in [0, 0.05) is 19.1 Å². The second kappa shape index (κ2) is 7.41. The first kappa shape index (κ1) is 14.1. The highest BCUT2D eigenvalue weighted by molar-refractivity contribution is 5.11. The quantitative estimate of drug-likeness (QED) is 0.786. The molecule has 1 aromatic heterocycles. The van der Waals surface area contributed by atoms with E-state index in [0.29, 0.717) is 6.04 Å². The van der Waals surface area contributed by atoms with Crippen LogP contribution in [0.15, 0.2) is 18.2 Å². The molecule has 0 atom stereocenters. The number of hydrogen-bond donors (Lipinski definition) is 1. The fraction of sp³-hybridized carbons (Fsp3) is 0.643. The predicted molar refractivity (Wildman–Crippen MR) is 72.8 cm³/mol. The van der Waals surface area contributed by atoms with Crippen molar-refractivity contribution in [3.8, 4) is 0 Å². The van der Waals surface area contributed by atoms with E-state index in [2.05, 4.69) is 61.1 Å². The van der Waals surface area contributed by atoms with Crippen molar-refractivity contribution in [3.63, 3.8) is 0 Å². The van der Waals surface area contributed by atoms with E-state index < -0.39 is 0 Å². The van der Waals surface area contributed by atoms with Crippen LogP contribution >= 0.6 is 0 Å². The number of pyridine rings is 1. The van der Waals surface area contributed by atoms with Crippen molar-refractivity contribution in [2.75, 3.05) is 13.1 Å². The highest BCUT2D eigenvalue weighted by atomic mass is 15.1. The summed E-state index contributed by atoms with van der Waals surface area (Å²) in [6, 6.07) is 6.80. The average molecular weight is 235 g/mol. The number of aromatic nitrogens is 1. The molecule has 3 heteroatoms. The Morgan fingerprint density at radius 3 is 2.41 bits per heavy atom. The van der Waals surface area contributed by atoms with Gasteiger partial charge in [-0.2, -0.15) is 0 Å². The minimum Gasteiger partial charge on any atom is -0.309 e. The summed E-state index contributed by atoms with van der Waals surface area (Å²) < 4.78 is 0. The Bertz CT molecular complexity index is 319. The first-order chi connectivity index (χ1) is 8.15. The molecule has 1 rings (SSSR count). The molecule has 0 bridgehead atoms. The lowest BCUT2D eigenvalue weighted by atomic mass is 10.2. The molecular formula is C14H25N3. The van der Waals surface area contributed by atoms with Gasteiger partial charge in [-0.15, -0.1) is 0 Å². The van der Waals surface area contributed by atoms with Gasteiger partial charge in [-0.3, -0.25) is 9.88 Å². The van der Waals surface area contributed by atoms with Gasteiger partial charge in [0.2, 0.25) is 0 Å². The topological polar surface area (TPSA) is 28.2 Å². The molecule has 0 saturated heterocycles. The lowest BCUT2D eigenvalue weighted by molar-refractivity contribution is 0.292. The molecule has 0 spiro atoms. The van der Waals surface area contributed by atoms with Crippen molar-refractivity contribution in [3.05, 3.63) is 29.6 Å². The zero-order valence-electron chi connectivity index (χ0n) is 11.5. The molecule has 0 radical (unpaired) electrons. The molecule has 0 amide bonds. The van der Waals surface area contributed by atoms with Gasteiger partial charge in [0.25, 0.3) is 0 Å². The molecule has 1 aromatic rings. The van der Waals surface area contributed by atoms with Gasteiger partial charge in [0.1, 0.15) is 0 Å².